The van der Waals surface area contributed by atoms with Crippen molar-refractivity contribution in [2.24, 2.45) is 0 Å². The van der Waals surface area contributed by atoms with Crippen molar-refractivity contribution in [3.8, 4) is 27.9 Å². The highest BCUT2D eigenvalue weighted by Gasteiger charge is 2.43. The first-order valence-corrected chi connectivity index (χ1v) is 16.3. The van der Waals surface area contributed by atoms with Gasteiger partial charge in [-0.1, -0.05) is 127 Å². The zero-order valence-corrected chi connectivity index (χ0v) is 24.2. The lowest BCUT2D eigenvalue weighted by molar-refractivity contribution is 0.593. The molecule has 0 spiro atoms. The van der Waals surface area contributed by atoms with Gasteiger partial charge >= 0.3 is 0 Å². The van der Waals surface area contributed by atoms with Crippen LogP contribution < -0.4 is 15.9 Å². The standard InChI is InChI=1S/C40H26NOP/c42-43(32-18-5-2-6-19-32)38-26-30-15-8-7-14-29(30)25-36(38)35-23-22-34-33-20-9-10-21-37(33)41(39(34)40(35)43)31-17-11-16-28(24-31)27-12-3-1-4-13-27/h1-26H. The van der Waals surface area contributed by atoms with Crippen molar-refractivity contribution < 1.29 is 4.57 Å². The molecule has 9 rings (SSSR count). The molecule has 0 aliphatic carbocycles. The molecule has 0 bridgehead atoms. The zero-order chi connectivity index (χ0) is 28.5. The van der Waals surface area contributed by atoms with Gasteiger partial charge in [0.2, 0.25) is 0 Å². The molecule has 8 aromatic rings. The molecule has 1 unspecified atom stereocenters. The molecule has 2 heterocycles. The van der Waals surface area contributed by atoms with Crippen molar-refractivity contribution in [1.29, 1.82) is 0 Å². The topological polar surface area (TPSA) is 22.0 Å². The van der Waals surface area contributed by atoms with Gasteiger partial charge in [-0.05, 0) is 63.4 Å². The fourth-order valence-electron chi connectivity index (χ4n) is 7.03. The molecule has 43 heavy (non-hydrogen) atoms. The van der Waals surface area contributed by atoms with Crippen LogP contribution in [0.15, 0.2) is 158 Å². The first-order chi connectivity index (χ1) is 21.2. The van der Waals surface area contributed by atoms with Crippen LogP contribution in [0.4, 0.5) is 0 Å². The molecule has 0 N–H and O–H groups in total. The summed E-state index contributed by atoms with van der Waals surface area (Å²) in [6, 6.07) is 55.1. The largest absolute Gasteiger partial charge is 0.309 e. The first-order valence-electron chi connectivity index (χ1n) is 14.6. The summed E-state index contributed by atoms with van der Waals surface area (Å²) in [6.07, 6.45) is 0. The molecule has 1 aliphatic heterocycles. The van der Waals surface area contributed by atoms with E-state index in [-0.39, 0.29) is 0 Å². The van der Waals surface area contributed by atoms with E-state index in [1.807, 2.05) is 36.4 Å². The van der Waals surface area contributed by atoms with Gasteiger partial charge < -0.3 is 9.13 Å². The Labute approximate surface area is 249 Å². The Morgan fingerprint density at radius 1 is 0.488 bits per heavy atom. The van der Waals surface area contributed by atoms with Gasteiger partial charge in [-0.25, -0.2) is 0 Å². The van der Waals surface area contributed by atoms with E-state index in [2.05, 4.69) is 126 Å². The van der Waals surface area contributed by atoms with Crippen LogP contribution in [-0.4, -0.2) is 4.57 Å². The Hall–Kier alpha value is -5.17. The number of hydrogen-bond acceptors (Lipinski definition) is 1. The minimum atomic E-state index is -3.25. The lowest BCUT2D eigenvalue weighted by Gasteiger charge is -2.19. The van der Waals surface area contributed by atoms with E-state index in [1.165, 1.54) is 5.56 Å². The first kappa shape index (κ1) is 24.4. The molecule has 7 aromatic carbocycles. The third kappa shape index (κ3) is 3.45. The van der Waals surface area contributed by atoms with Gasteiger partial charge in [0.15, 0.2) is 7.14 Å². The van der Waals surface area contributed by atoms with E-state index in [1.54, 1.807) is 0 Å². The number of nitrogens with zero attached hydrogens (tertiary/aromatic N) is 1. The van der Waals surface area contributed by atoms with E-state index in [0.717, 1.165) is 70.9 Å². The Morgan fingerprint density at radius 3 is 1.98 bits per heavy atom. The van der Waals surface area contributed by atoms with Gasteiger partial charge in [0, 0.05) is 27.1 Å². The third-order valence-electron chi connectivity index (χ3n) is 8.95. The number of rotatable bonds is 3. The van der Waals surface area contributed by atoms with Crippen LogP contribution in [0.25, 0.3) is 60.5 Å². The number of para-hydroxylation sites is 1. The quantitative estimate of drug-likeness (QED) is 0.195. The summed E-state index contributed by atoms with van der Waals surface area (Å²) in [5.74, 6) is 0. The Bertz CT molecular complexity index is 2420. The summed E-state index contributed by atoms with van der Waals surface area (Å²) in [7, 11) is -3.25. The van der Waals surface area contributed by atoms with E-state index < -0.39 is 7.14 Å². The maximum absolute atomic E-state index is 16.1. The summed E-state index contributed by atoms with van der Waals surface area (Å²) in [4.78, 5) is 0. The van der Waals surface area contributed by atoms with Crippen LogP contribution in [0, 0.1) is 0 Å². The minimum Gasteiger partial charge on any atom is -0.309 e. The van der Waals surface area contributed by atoms with E-state index in [4.69, 9.17) is 0 Å². The molecule has 0 fully saturated rings. The van der Waals surface area contributed by atoms with E-state index in [9.17, 15) is 0 Å². The number of aromatic nitrogens is 1. The highest BCUT2D eigenvalue weighted by Crippen LogP contribution is 2.55. The van der Waals surface area contributed by atoms with Crippen molar-refractivity contribution in [2.75, 3.05) is 0 Å². The second-order valence-corrected chi connectivity index (χ2v) is 14.0. The SMILES string of the molecule is O=P1(c2ccccc2)c2cc3ccccc3cc2-c2ccc3c4ccccc4n(-c4cccc(-c5ccccc5)c4)c3c21. The van der Waals surface area contributed by atoms with Crippen molar-refractivity contribution in [2.45, 2.75) is 0 Å². The fraction of sp³-hybridized carbons (Fsp3) is 0. The van der Waals surface area contributed by atoms with Gasteiger partial charge in [-0.15, -0.1) is 0 Å². The molecule has 1 atom stereocenters. The molecule has 0 saturated carbocycles. The van der Waals surface area contributed by atoms with Gasteiger partial charge in [0.05, 0.1) is 16.3 Å². The average Bonchev–Trinajstić information content (AvgIpc) is 3.54. The van der Waals surface area contributed by atoms with Crippen LogP contribution in [-0.2, 0) is 4.57 Å². The van der Waals surface area contributed by atoms with Crippen LogP contribution in [0.2, 0.25) is 0 Å². The Kier molecular flexibility index (Phi) is 5.21. The van der Waals surface area contributed by atoms with Gasteiger partial charge in [-0.3, -0.25) is 0 Å². The van der Waals surface area contributed by atoms with Crippen LogP contribution in [0.5, 0.6) is 0 Å². The summed E-state index contributed by atoms with van der Waals surface area (Å²) < 4.78 is 18.4. The molecule has 1 aromatic heterocycles. The normalized spacial score (nSPS) is 15.6. The summed E-state index contributed by atoms with van der Waals surface area (Å²) in [5.41, 5.74) is 7.64. The molecule has 202 valence electrons. The zero-order valence-electron chi connectivity index (χ0n) is 23.3. The molecule has 0 amide bonds. The molecular weight excluding hydrogens is 541 g/mol. The van der Waals surface area contributed by atoms with Crippen LogP contribution >= 0.6 is 7.14 Å². The summed E-state index contributed by atoms with van der Waals surface area (Å²) in [6.45, 7) is 0. The average molecular weight is 568 g/mol. The molecular formula is C40H26NOP. The van der Waals surface area contributed by atoms with Crippen molar-refractivity contribution in [3.63, 3.8) is 0 Å². The monoisotopic (exact) mass is 567 g/mol. The van der Waals surface area contributed by atoms with Crippen molar-refractivity contribution in [1.82, 2.24) is 4.57 Å². The number of fused-ring (bicyclic) bond motifs is 8. The molecule has 0 radical (unpaired) electrons. The van der Waals surface area contributed by atoms with Gasteiger partial charge in [-0.2, -0.15) is 0 Å². The Balaban J connectivity index is 1.45. The second-order valence-electron chi connectivity index (χ2n) is 11.3. The lowest BCUT2D eigenvalue weighted by atomic mass is 10.00. The van der Waals surface area contributed by atoms with Crippen molar-refractivity contribution >= 4 is 55.6 Å². The maximum Gasteiger partial charge on any atom is 0.174 e. The molecule has 2 nitrogen and oxygen atoms in total. The highest BCUT2D eigenvalue weighted by molar-refractivity contribution is 7.86. The predicted octanol–water partition coefficient (Wildman–Crippen LogP) is 9.22. The van der Waals surface area contributed by atoms with Crippen LogP contribution in [0.1, 0.15) is 0 Å². The highest BCUT2D eigenvalue weighted by atomic mass is 31.2. The third-order valence-corrected chi connectivity index (χ3v) is 12.1. The van der Waals surface area contributed by atoms with Gasteiger partial charge in [0.1, 0.15) is 0 Å². The van der Waals surface area contributed by atoms with Crippen LogP contribution in [0.3, 0.4) is 0 Å². The number of hydrogen-bond donors (Lipinski definition) is 0. The molecule has 0 saturated heterocycles. The lowest BCUT2D eigenvalue weighted by Crippen LogP contribution is -2.22. The smallest absolute Gasteiger partial charge is 0.174 e. The molecule has 3 heteroatoms. The minimum absolute atomic E-state index is 0.868. The predicted molar refractivity (Wildman–Crippen MR) is 182 cm³/mol. The maximum atomic E-state index is 16.1. The fourth-order valence-corrected chi connectivity index (χ4v) is 10.3. The van der Waals surface area contributed by atoms with E-state index >= 15 is 4.57 Å². The van der Waals surface area contributed by atoms with E-state index in [0.29, 0.717) is 0 Å². The van der Waals surface area contributed by atoms with Crippen molar-refractivity contribution in [3.05, 3.63) is 158 Å². The second kappa shape index (κ2) is 9.16. The molecule has 1 aliphatic rings. The number of benzene rings is 7. The summed E-state index contributed by atoms with van der Waals surface area (Å²) in [5, 5.41) is 7.27. The summed E-state index contributed by atoms with van der Waals surface area (Å²) >= 11 is 0. The van der Waals surface area contributed by atoms with Gasteiger partial charge in [0.25, 0.3) is 0 Å². The Morgan fingerprint density at radius 2 is 1.16 bits per heavy atom.